The molecule has 2 fully saturated rings. The van der Waals surface area contributed by atoms with Gasteiger partial charge in [-0.15, -0.1) is 0 Å². The molecule has 3 atom stereocenters. The van der Waals surface area contributed by atoms with E-state index in [9.17, 15) is 4.79 Å². The number of carbonyl (C=O) groups excluding carboxylic acids is 1. The van der Waals surface area contributed by atoms with E-state index in [2.05, 4.69) is 27.2 Å². The van der Waals surface area contributed by atoms with Crippen LogP contribution in [0.4, 0.5) is 0 Å². The maximum absolute atomic E-state index is 12.8. The zero-order chi connectivity index (χ0) is 17.4. The summed E-state index contributed by atoms with van der Waals surface area (Å²) in [5.74, 6) is 2.13. The highest BCUT2D eigenvalue weighted by molar-refractivity contribution is 5.83. The van der Waals surface area contributed by atoms with Crippen molar-refractivity contribution in [3.05, 3.63) is 29.6 Å². The third kappa shape index (κ3) is 3.30. The number of rotatable bonds is 5. The molecule has 1 saturated carbocycles. The summed E-state index contributed by atoms with van der Waals surface area (Å²) < 4.78 is 7.59. The molecule has 0 spiro atoms. The molecule has 2 aromatic rings. The molecular weight excluding hydrogens is 320 g/mol. The highest BCUT2D eigenvalue weighted by Crippen LogP contribution is 2.48. The lowest BCUT2D eigenvalue weighted by Gasteiger charge is -2.31. The average Bonchev–Trinajstić information content (AvgIpc) is 3.07. The van der Waals surface area contributed by atoms with E-state index in [1.807, 2.05) is 24.3 Å². The van der Waals surface area contributed by atoms with Crippen LogP contribution in [0.2, 0.25) is 0 Å². The van der Waals surface area contributed by atoms with Gasteiger partial charge in [-0.1, -0.05) is 6.92 Å². The number of hydrogen-bond donors (Lipinski definition) is 1. The Morgan fingerprint density at radius 1 is 1.48 bits per heavy atom. The fourth-order valence-corrected chi connectivity index (χ4v) is 3.51. The average molecular weight is 344 g/mol. The van der Waals surface area contributed by atoms with Gasteiger partial charge in [0.15, 0.2) is 5.82 Å². The normalized spacial score (nSPS) is 26.0. The maximum Gasteiger partial charge on any atom is 0.226 e. The van der Waals surface area contributed by atoms with Crippen LogP contribution in [-0.2, 0) is 23.0 Å². The second kappa shape index (κ2) is 6.59. The van der Waals surface area contributed by atoms with Gasteiger partial charge in [0.1, 0.15) is 11.9 Å². The molecule has 2 aromatic heterocycles. The third-order valence-electron chi connectivity index (χ3n) is 4.96. The molecule has 0 bridgehead atoms. The minimum atomic E-state index is -0.241. The van der Waals surface area contributed by atoms with Crippen molar-refractivity contribution < 1.29 is 9.53 Å². The van der Waals surface area contributed by atoms with E-state index in [1.165, 1.54) is 0 Å². The number of aromatic amines is 1. The Morgan fingerprint density at radius 3 is 3.12 bits per heavy atom. The number of aryl methyl sites for hydroxylation is 2. The molecule has 0 radical (unpaired) electrons. The predicted octanol–water partition coefficient (Wildman–Crippen LogP) is 1.19. The van der Waals surface area contributed by atoms with Gasteiger partial charge in [-0.25, -0.2) is 4.98 Å². The molecule has 2 aliphatic rings. The van der Waals surface area contributed by atoms with Crippen LogP contribution in [0.25, 0.3) is 0 Å². The van der Waals surface area contributed by atoms with E-state index in [-0.39, 0.29) is 17.9 Å². The predicted molar refractivity (Wildman–Crippen MR) is 89.7 cm³/mol. The lowest BCUT2D eigenvalue weighted by Crippen LogP contribution is -2.43. The Hall–Kier alpha value is -2.22. The van der Waals surface area contributed by atoms with Gasteiger partial charge in [0, 0.05) is 32.1 Å². The first-order chi connectivity index (χ1) is 12.2. The van der Waals surface area contributed by atoms with Crippen molar-refractivity contribution >= 4 is 5.91 Å². The number of aromatic nitrogens is 5. The Labute approximate surface area is 146 Å². The minimum absolute atomic E-state index is 0.0748. The van der Waals surface area contributed by atoms with Crippen LogP contribution in [0.3, 0.4) is 0 Å². The molecule has 3 heterocycles. The van der Waals surface area contributed by atoms with Gasteiger partial charge in [-0.05, 0) is 24.3 Å². The second-order valence-electron chi connectivity index (χ2n) is 6.93. The molecule has 1 saturated heterocycles. The van der Waals surface area contributed by atoms with E-state index < -0.39 is 0 Å². The van der Waals surface area contributed by atoms with Gasteiger partial charge in [-0.3, -0.25) is 14.6 Å². The lowest BCUT2D eigenvalue weighted by molar-refractivity contribution is -0.140. The molecule has 1 aliphatic carbocycles. The summed E-state index contributed by atoms with van der Waals surface area (Å²) in [7, 11) is 1.90. The number of nitrogens with one attached hydrogen (secondary N) is 1. The van der Waals surface area contributed by atoms with Gasteiger partial charge in [0.05, 0.1) is 19.3 Å². The summed E-state index contributed by atoms with van der Waals surface area (Å²) in [6.45, 7) is 3.79. The Morgan fingerprint density at radius 2 is 2.36 bits per heavy atom. The molecule has 0 unspecified atom stereocenters. The molecular formula is C17H24N6O2. The number of ether oxygens (including phenoxy) is 1. The highest BCUT2D eigenvalue weighted by Gasteiger charge is 2.47. The summed E-state index contributed by atoms with van der Waals surface area (Å²) in [5.41, 5.74) is 1.16. The van der Waals surface area contributed by atoms with Crippen molar-refractivity contribution in [2.45, 2.75) is 38.2 Å². The zero-order valence-corrected chi connectivity index (χ0v) is 14.7. The van der Waals surface area contributed by atoms with Crippen molar-refractivity contribution in [2.75, 3.05) is 19.7 Å². The van der Waals surface area contributed by atoms with Gasteiger partial charge < -0.3 is 9.64 Å². The standard InChI is InChI=1S/C17H24N6O2/c1-3-4-15-19-16(21-20-15)14-10-23(5-6-25-14)17(24)13-7-12(13)11-8-18-22(2)9-11/h8-9,12-14H,3-7,10H2,1-2H3,(H,19,20,21)/t12-,13+,14+/m1/s1. The first-order valence-electron chi connectivity index (χ1n) is 8.95. The Balaban J connectivity index is 1.38. The molecule has 25 heavy (non-hydrogen) atoms. The van der Waals surface area contributed by atoms with E-state index in [0.29, 0.717) is 31.4 Å². The first kappa shape index (κ1) is 16.3. The van der Waals surface area contributed by atoms with E-state index in [4.69, 9.17) is 4.74 Å². The molecule has 1 N–H and O–H groups in total. The van der Waals surface area contributed by atoms with Crippen molar-refractivity contribution in [3.8, 4) is 0 Å². The molecule has 8 heteroatoms. The molecule has 134 valence electrons. The van der Waals surface area contributed by atoms with E-state index in [0.717, 1.165) is 30.7 Å². The smallest absolute Gasteiger partial charge is 0.226 e. The number of H-pyrrole nitrogens is 1. The molecule has 0 aromatic carbocycles. The quantitative estimate of drug-likeness (QED) is 0.880. The summed E-state index contributed by atoms with van der Waals surface area (Å²) >= 11 is 0. The Kier molecular flexibility index (Phi) is 4.29. The molecule has 4 rings (SSSR count). The largest absolute Gasteiger partial charge is 0.366 e. The van der Waals surface area contributed by atoms with Crippen LogP contribution >= 0.6 is 0 Å². The van der Waals surface area contributed by atoms with Crippen molar-refractivity contribution in [1.29, 1.82) is 0 Å². The van der Waals surface area contributed by atoms with E-state index >= 15 is 0 Å². The topological polar surface area (TPSA) is 88.9 Å². The van der Waals surface area contributed by atoms with Crippen LogP contribution in [-0.4, -0.2) is 55.5 Å². The number of hydrogen-bond acceptors (Lipinski definition) is 5. The zero-order valence-electron chi connectivity index (χ0n) is 14.7. The van der Waals surface area contributed by atoms with E-state index in [1.54, 1.807) is 4.68 Å². The summed E-state index contributed by atoms with van der Waals surface area (Å²) in [5, 5.41) is 11.4. The number of carbonyl (C=O) groups is 1. The minimum Gasteiger partial charge on any atom is -0.366 e. The van der Waals surface area contributed by atoms with Gasteiger partial charge in [0.2, 0.25) is 5.91 Å². The van der Waals surface area contributed by atoms with Gasteiger partial charge in [0.25, 0.3) is 0 Å². The van der Waals surface area contributed by atoms with Crippen molar-refractivity contribution in [2.24, 2.45) is 13.0 Å². The van der Waals surface area contributed by atoms with Crippen LogP contribution in [0.5, 0.6) is 0 Å². The Bertz CT molecular complexity index is 754. The fraction of sp³-hybridized carbons (Fsp3) is 0.647. The van der Waals surface area contributed by atoms with Crippen LogP contribution < -0.4 is 0 Å². The summed E-state index contributed by atoms with van der Waals surface area (Å²) in [6, 6.07) is 0. The second-order valence-corrected chi connectivity index (χ2v) is 6.93. The number of amides is 1. The first-order valence-corrected chi connectivity index (χ1v) is 8.95. The summed E-state index contributed by atoms with van der Waals surface area (Å²) in [4.78, 5) is 19.2. The number of morpholine rings is 1. The highest BCUT2D eigenvalue weighted by atomic mass is 16.5. The fourth-order valence-electron chi connectivity index (χ4n) is 3.51. The van der Waals surface area contributed by atoms with Crippen molar-refractivity contribution in [3.63, 3.8) is 0 Å². The van der Waals surface area contributed by atoms with Crippen LogP contribution in [0, 0.1) is 5.92 Å². The van der Waals surface area contributed by atoms with Crippen molar-refractivity contribution in [1.82, 2.24) is 29.9 Å². The van der Waals surface area contributed by atoms with Gasteiger partial charge in [-0.2, -0.15) is 10.2 Å². The maximum atomic E-state index is 12.8. The molecule has 1 amide bonds. The van der Waals surface area contributed by atoms with Crippen LogP contribution in [0.1, 0.15) is 49.0 Å². The molecule has 1 aliphatic heterocycles. The monoisotopic (exact) mass is 344 g/mol. The van der Waals surface area contributed by atoms with Gasteiger partial charge >= 0.3 is 0 Å². The SMILES string of the molecule is CCCc1nc([C@@H]2CN(C(=O)[C@H]3C[C@@H]3c3cnn(C)c3)CCO2)n[nH]1. The summed E-state index contributed by atoms with van der Waals surface area (Å²) in [6.07, 6.45) is 6.43. The molecule has 8 nitrogen and oxygen atoms in total. The lowest BCUT2D eigenvalue weighted by atomic mass is 10.1. The number of nitrogens with zero attached hydrogens (tertiary/aromatic N) is 5. The third-order valence-corrected chi connectivity index (χ3v) is 4.96. The van der Waals surface area contributed by atoms with Crippen LogP contribution in [0.15, 0.2) is 12.4 Å².